The summed E-state index contributed by atoms with van der Waals surface area (Å²) in [6.45, 7) is -0.705. The zero-order chi connectivity index (χ0) is 17.3. The van der Waals surface area contributed by atoms with Crippen LogP contribution in [-0.2, 0) is 11.8 Å². The van der Waals surface area contributed by atoms with Crippen molar-refractivity contribution in [3.63, 3.8) is 0 Å². The Balaban J connectivity index is 2.53. The van der Waals surface area contributed by atoms with Crippen molar-refractivity contribution in [3.05, 3.63) is 33.7 Å². The molecule has 2 rings (SSSR count). The van der Waals surface area contributed by atoms with E-state index in [2.05, 4.69) is 5.10 Å². The Hall–Kier alpha value is -1.93. The minimum absolute atomic E-state index is 0.134. The van der Waals surface area contributed by atoms with Gasteiger partial charge in [0.25, 0.3) is 6.43 Å². The number of aliphatic carboxylic acids is 1. The van der Waals surface area contributed by atoms with Gasteiger partial charge >= 0.3 is 5.97 Å². The number of alkyl halides is 2. The number of carbonyl (C=O) groups is 1. The Labute approximate surface area is 138 Å². The van der Waals surface area contributed by atoms with Crippen LogP contribution in [0.15, 0.2) is 12.1 Å². The van der Waals surface area contributed by atoms with E-state index >= 15 is 0 Å². The van der Waals surface area contributed by atoms with Crippen molar-refractivity contribution in [1.82, 2.24) is 9.78 Å². The topological polar surface area (TPSA) is 64.4 Å². The molecule has 1 N–H and O–H groups in total. The number of hydrogen-bond donors (Lipinski definition) is 1. The van der Waals surface area contributed by atoms with Gasteiger partial charge in [0.1, 0.15) is 23.0 Å². The molecule has 0 aliphatic carbocycles. The van der Waals surface area contributed by atoms with Crippen LogP contribution in [0.2, 0.25) is 10.0 Å². The summed E-state index contributed by atoms with van der Waals surface area (Å²) < 4.78 is 45.7. The number of carboxylic acids is 1. The third-order valence-corrected chi connectivity index (χ3v) is 3.53. The van der Waals surface area contributed by atoms with Crippen LogP contribution < -0.4 is 4.74 Å². The normalized spacial score (nSPS) is 11.1. The van der Waals surface area contributed by atoms with Gasteiger partial charge in [0.15, 0.2) is 6.61 Å². The summed E-state index contributed by atoms with van der Waals surface area (Å²) in [4.78, 5) is 10.5. The second-order valence-corrected chi connectivity index (χ2v) is 5.20. The molecule has 1 heterocycles. The molecule has 0 saturated carbocycles. The minimum atomic E-state index is -2.90. The Morgan fingerprint density at radius 3 is 2.61 bits per heavy atom. The second kappa shape index (κ2) is 6.67. The van der Waals surface area contributed by atoms with E-state index in [1.807, 2.05) is 0 Å². The van der Waals surface area contributed by atoms with Crippen molar-refractivity contribution < 1.29 is 27.8 Å². The molecule has 1 aromatic carbocycles. The fourth-order valence-electron chi connectivity index (χ4n) is 1.88. The first-order valence-corrected chi connectivity index (χ1v) is 6.82. The lowest BCUT2D eigenvalue weighted by atomic mass is 10.1. The zero-order valence-electron chi connectivity index (χ0n) is 11.5. The highest BCUT2D eigenvalue weighted by Gasteiger charge is 2.25. The SMILES string of the molecule is Cn1nc(-c2cc(OCC(=O)O)c(Cl)cc2F)c(Cl)c1C(F)F. The van der Waals surface area contributed by atoms with Crippen molar-refractivity contribution in [2.24, 2.45) is 7.05 Å². The number of halogens is 5. The number of ether oxygens (including phenoxy) is 1. The van der Waals surface area contributed by atoms with Gasteiger partial charge in [-0.3, -0.25) is 4.68 Å². The predicted molar refractivity (Wildman–Crippen MR) is 76.7 cm³/mol. The van der Waals surface area contributed by atoms with Crippen molar-refractivity contribution in [2.75, 3.05) is 6.61 Å². The summed E-state index contributed by atoms with van der Waals surface area (Å²) in [7, 11) is 1.24. The first kappa shape index (κ1) is 17.4. The van der Waals surface area contributed by atoms with E-state index in [1.54, 1.807) is 0 Å². The largest absolute Gasteiger partial charge is 0.480 e. The van der Waals surface area contributed by atoms with E-state index in [-0.39, 0.29) is 22.0 Å². The Bertz CT molecular complexity index is 765. The van der Waals surface area contributed by atoms with E-state index in [4.69, 9.17) is 33.0 Å². The summed E-state index contributed by atoms with van der Waals surface area (Å²) in [5, 5.41) is 11.8. The van der Waals surface area contributed by atoms with Crippen LogP contribution in [-0.4, -0.2) is 27.5 Å². The number of aromatic nitrogens is 2. The second-order valence-electron chi connectivity index (χ2n) is 4.42. The van der Waals surface area contributed by atoms with E-state index in [0.29, 0.717) is 0 Å². The van der Waals surface area contributed by atoms with Gasteiger partial charge in [-0.1, -0.05) is 23.2 Å². The van der Waals surface area contributed by atoms with Crippen LogP contribution in [0.5, 0.6) is 5.75 Å². The van der Waals surface area contributed by atoms with Crippen LogP contribution >= 0.6 is 23.2 Å². The predicted octanol–water partition coefficient (Wildman–Crippen LogP) is 3.93. The first-order valence-electron chi connectivity index (χ1n) is 6.07. The van der Waals surface area contributed by atoms with Gasteiger partial charge in [-0.05, 0) is 12.1 Å². The molecule has 0 unspecified atom stereocenters. The lowest BCUT2D eigenvalue weighted by Gasteiger charge is -2.09. The van der Waals surface area contributed by atoms with Gasteiger partial charge in [0.2, 0.25) is 0 Å². The standard InChI is InChI=1S/C13H9Cl2F3N2O3/c1-20-12(13(17)18)10(15)11(19-20)5-2-8(23-4-9(21)22)6(14)3-7(5)16/h2-3,13H,4H2,1H3,(H,21,22). The molecular weight excluding hydrogens is 360 g/mol. The number of benzene rings is 1. The Kier molecular flexibility index (Phi) is 5.06. The average molecular weight is 369 g/mol. The van der Waals surface area contributed by atoms with Crippen molar-refractivity contribution in [3.8, 4) is 17.0 Å². The Morgan fingerprint density at radius 1 is 1.43 bits per heavy atom. The summed E-state index contributed by atoms with van der Waals surface area (Å²) in [5.74, 6) is -2.26. The molecule has 0 aliphatic heterocycles. The maximum atomic E-state index is 14.1. The maximum Gasteiger partial charge on any atom is 0.341 e. The Morgan fingerprint density at radius 2 is 2.09 bits per heavy atom. The number of carboxylic acid groups (broad SMARTS) is 1. The zero-order valence-corrected chi connectivity index (χ0v) is 13.0. The van der Waals surface area contributed by atoms with E-state index in [1.165, 1.54) is 7.05 Å². The summed E-state index contributed by atoms with van der Waals surface area (Å²) in [6, 6.07) is 1.92. The number of nitrogens with zero attached hydrogens (tertiary/aromatic N) is 2. The molecule has 0 bridgehead atoms. The van der Waals surface area contributed by atoms with Gasteiger partial charge in [-0.25, -0.2) is 18.0 Å². The van der Waals surface area contributed by atoms with E-state index < -0.39 is 35.5 Å². The third-order valence-electron chi connectivity index (χ3n) is 2.87. The summed E-state index contributed by atoms with van der Waals surface area (Å²) in [6.07, 6.45) is -2.90. The van der Waals surface area contributed by atoms with Gasteiger partial charge < -0.3 is 9.84 Å². The molecule has 0 atom stereocenters. The highest BCUT2D eigenvalue weighted by molar-refractivity contribution is 6.34. The van der Waals surface area contributed by atoms with Gasteiger partial charge in [0.05, 0.1) is 10.0 Å². The molecule has 5 nitrogen and oxygen atoms in total. The smallest absolute Gasteiger partial charge is 0.341 e. The number of aryl methyl sites for hydroxylation is 1. The lowest BCUT2D eigenvalue weighted by Crippen LogP contribution is -2.09. The van der Waals surface area contributed by atoms with Crippen molar-refractivity contribution >= 4 is 29.2 Å². The van der Waals surface area contributed by atoms with Crippen LogP contribution in [0.1, 0.15) is 12.1 Å². The van der Waals surface area contributed by atoms with Crippen LogP contribution in [0.3, 0.4) is 0 Å². The van der Waals surface area contributed by atoms with E-state index in [9.17, 15) is 18.0 Å². The monoisotopic (exact) mass is 368 g/mol. The molecule has 0 aliphatic rings. The third kappa shape index (κ3) is 3.53. The highest BCUT2D eigenvalue weighted by atomic mass is 35.5. The van der Waals surface area contributed by atoms with E-state index in [0.717, 1.165) is 16.8 Å². The van der Waals surface area contributed by atoms with Crippen LogP contribution in [0.4, 0.5) is 13.2 Å². The molecule has 0 saturated heterocycles. The lowest BCUT2D eigenvalue weighted by molar-refractivity contribution is -0.139. The molecule has 1 aromatic heterocycles. The molecule has 0 spiro atoms. The molecule has 0 amide bonds. The fourth-order valence-corrected chi connectivity index (χ4v) is 2.43. The van der Waals surface area contributed by atoms with Gasteiger partial charge in [0, 0.05) is 12.6 Å². The average Bonchev–Trinajstić information content (AvgIpc) is 2.72. The van der Waals surface area contributed by atoms with Crippen molar-refractivity contribution in [1.29, 1.82) is 0 Å². The van der Waals surface area contributed by atoms with Crippen LogP contribution in [0, 0.1) is 5.82 Å². The molecular formula is C13H9Cl2F3N2O3. The molecule has 124 valence electrons. The highest BCUT2D eigenvalue weighted by Crippen LogP contribution is 2.39. The van der Waals surface area contributed by atoms with Gasteiger partial charge in [-0.2, -0.15) is 5.10 Å². The van der Waals surface area contributed by atoms with Crippen molar-refractivity contribution in [2.45, 2.75) is 6.43 Å². The first-order chi connectivity index (χ1) is 10.7. The quantitative estimate of drug-likeness (QED) is 0.868. The number of hydrogen-bond acceptors (Lipinski definition) is 3. The summed E-state index contributed by atoms with van der Waals surface area (Å²) in [5.41, 5.74) is -1.02. The molecule has 23 heavy (non-hydrogen) atoms. The molecule has 10 heteroatoms. The van der Waals surface area contributed by atoms with Gasteiger partial charge in [-0.15, -0.1) is 0 Å². The fraction of sp³-hybridized carbons (Fsp3) is 0.231. The summed E-state index contributed by atoms with van der Waals surface area (Å²) >= 11 is 11.6. The number of rotatable bonds is 5. The minimum Gasteiger partial charge on any atom is -0.480 e. The molecule has 2 aromatic rings. The molecule has 0 fully saturated rings. The molecule has 0 radical (unpaired) electrons. The maximum absolute atomic E-state index is 14.1. The van der Waals surface area contributed by atoms with Crippen LogP contribution in [0.25, 0.3) is 11.3 Å².